The molecule has 32 heavy (non-hydrogen) atoms. The number of carbonyl (C=O) groups is 2. The lowest BCUT2D eigenvalue weighted by Gasteiger charge is -2.06. The first-order valence-corrected chi connectivity index (χ1v) is 10.7. The number of rotatable bonds is 6. The molecule has 0 saturated carbocycles. The maximum atomic E-state index is 12.2. The molecule has 3 rings (SSSR count). The lowest BCUT2D eigenvalue weighted by Crippen LogP contribution is -2.12. The number of amides is 2. The number of nitrogens with zero attached hydrogens (tertiary/aromatic N) is 1. The molecule has 0 atom stereocenters. The summed E-state index contributed by atoms with van der Waals surface area (Å²) in [4.78, 5) is 28.6. The van der Waals surface area contributed by atoms with E-state index < -0.39 is 11.8 Å². The van der Waals surface area contributed by atoms with E-state index in [9.17, 15) is 9.59 Å². The Morgan fingerprint density at radius 3 is 1.34 bits per heavy atom. The Bertz CT molecular complexity index is 1090. The first kappa shape index (κ1) is 23.8. The number of anilines is 2. The predicted molar refractivity (Wildman–Crippen MR) is 132 cm³/mol. The minimum atomic E-state index is -0.440. The van der Waals surface area contributed by atoms with Gasteiger partial charge in [0.25, 0.3) is 0 Å². The predicted octanol–water partition coefficient (Wildman–Crippen LogP) is 7.00. The molecular formula is C23H15Cl4N3O2. The fraction of sp³-hybridized carbons (Fsp3) is 0. The molecule has 0 saturated heterocycles. The second-order valence-corrected chi connectivity index (χ2v) is 7.95. The molecule has 2 amide bonds. The van der Waals surface area contributed by atoms with Gasteiger partial charge in [0.05, 0.1) is 0 Å². The second kappa shape index (κ2) is 11.2. The third-order valence-corrected chi connectivity index (χ3v) is 5.37. The molecule has 0 aliphatic rings. The molecule has 0 aliphatic carbocycles. The van der Waals surface area contributed by atoms with Crippen LogP contribution in [0.2, 0.25) is 20.1 Å². The topological polar surface area (TPSA) is 71.1 Å². The first-order valence-electron chi connectivity index (χ1n) is 9.16. The van der Waals surface area contributed by atoms with Crippen molar-refractivity contribution in [3.05, 3.63) is 98.0 Å². The number of halogens is 4. The molecule has 9 heteroatoms. The summed E-state index contributed by atoms with van der Waals surface area (Å²) in [6.07, 6.45) is 5.60. The van der Waals surface area contributed by atoms with Gasteiger partial charge in [-0.3, -0.25) is 9.59 Å². The summed E-state index contributed by atoms with van der Waals surface area (Å²) in [5, 5.41) is 6.93. The van der Waals surface area contributed by atoms with Gasteiger partial charge in [0.1, 0.15) is 11.6 Å². The molecule has 3 aromatic rings. The van der Waals surface area contributed by atoms with E-state index in [1.807, 2.05) is 0 Å². The number of hydrogen-bond acceptors (Lipinski definition) is 3. The summed E-state index contributed by atoms with van der Waals surface area (Å²) in [5.41, 5.74) is 1.07. The molecule has 5 nitrogen and oxygen atoms in total. The highest BCUT2D eigenvalue weighted by atomic mass is 35.5. The number of hydrogen-bond donors (Lipinski definition) is 2. The van der Waals surface area contributed by atoms with Gasteiger partial charge in [0, 0.05) is 43.4 Å². The maximum Gasteiger partial charge on any atom is 0.249 e. The fourth-order valence-corrected chi connectivity index (χ4v) is 3.61. The quantitative estimate of drug-likeness (QED) is 0.353. The van der Waals surface area contributed by atoms with Gasteiger partial charge in [-0.15, -0.1) is 0 Å². The second-order valence-electron chi connectivity index (χ2n) is 6.32. The Morgan fingerprint density at radius 1 is 0.625 bits per heavy atom. The highest BCUT2D eigenvalue weighted by Gasteiger charge is 2.06. The number of carbonyl (C=O) groups excluding carboxylic acids is 2. The molecular weight excluding hydrogens is 492 g/mol. The van der Waals surface area contributed by atoms with Crippen LogP contribution < -0.4 is 10.6 Å². The van der Waals surface area contributed by atoms with Crippen molar-refractivity contribution >= 4 is 82.0 Å². The van der Waals surface area contributed by atoms with Gasteiger partial charge in [-0.2, -0.15) is 0 Å². The van der Waals surface area contributed by atoms with Crippen LogP contribution in [0.3, 0.4) is 0 Å². The third-order valence-electron chi connectivity index (χ3n) is 4.05. The first-order chi connectivity index (χ1) is 15.3. The summed E-state index contributed by atoms with van der Waals surface area (Å²) < 4.78 is 0. The number of pyridine rings is 1. The fourth-order valence-electron chi connectivity index (χ4n) is 2.57. The third kappa shape index (κ3) is 6.58. The van der Waals surface area contributed by atoms with E-state index in [0.29, 0.717) is 31.2 Å². The van der Waals surface area contributed by atoms with Crippen molar-refractivity contribution in [1.82, 2.24) is 4.98 Å². The zero-order valence-corrected chi connectivity index (χ0v) is 19.3. The highest BCUT2D eigenvalue weighted by Crippen LogP contribution is 2.26. The van der Waals surface area contributed by atoms with Gasteiger partial charge in [0.15, 0.2) is 0 Å². The maximum absolute atomic E-state index is 12.2. The Kier molecular flexibility index (Phi) is 8.31. The zero-order chi connectivity index (χ0) is 23.1. The van der Waals surface area contributed by atoms with Crippen LogP contribution in [0.1, 0.15) is 11.1 Å². The largest absolute Gasteiger partial charge is 0.307 e. The average Bonchev–Trinajstić information content (AvgIpc) is 2.73. The highest BCUT2D eigenvalue weighted by molar-refractivity contribution is 6.37. The number of aromatic nitrogens is 1. The van der Waals surface area contributed by atoms with Crippen LogP contribution >= 0.6 is 46.4 Å². The molecule has 1 heterocycles. The molecule has 0 spiro atoms. The normalized spacial score (nSPS) is 11.1. The zero-order valence-electron chi connectivity index (χ0n) is 16.3. The van der Waals surface area contributed by atoms with E-state index >= 15 is 0 Å². The summed E-state index contributed by atoms with van der Waals surface area (Å²) in [6, 6.07) is 14.9. The SMILES string of the molecule is O=C(/C=C/c1c(Cl)cccc1Cl)Nc1cccc(NC(=O)/C=C/c2c(Cl)cccc2Cl)n1. The molecule has 0 bridgehead atoms. The summed E-state index contributed by atoms with van der Waals surface area (Å²) in [7, 11) is 0. The van der Waals surface area contributed by atoms with Gasteiger partial charge in [-0.1, -0.05) is 64.6 Å². The van der Waals surface area contributed by atoms with Crippen LogP contribution in [0, 0.1) is 0 Å². The van der Waals surface area contributed by atoms with Gasteiger partial charge in [0.2, 0.25) is 11.8 Å². The van der Waals surface area contributed by atoms with Crippen molar-refractivity contribution in [2.24, 2.45) is 0 Å². The molecule has 0 unspecified atom stereocenters. The van der Waals surface area contributed by atoms with Gasteiger partial charge in [-0.05, 0) is 48.6 Å². The monoisotopic (exact) mass is 505 g/mol. The number of benzene rings is 2. The average molecular weight is 507 g/mol. The minimum Gasteiger partial charge on any atom is -0.307 e. The van der Waals surface area contributed by atoms with E-state index in [1.165, 1.54) is 24.3 Å². The van der Waals surface area contributed by atoms with Crippen LogP contribution in [0.25, 0.3) is 12.2 Å². The van der Waals surface area contributed by atoms with Crippen molar-refractivity contribution in [1.29, 1.82) is 0 Å². The molecule has 0 aliphatic heterocycles. The Balaban J connectivity index is 1.64. The van der Waals surface area contributed by atoms with E-state index in [1.54, 1.807) is 54.6 Å². The molecule has 162 valence electrons. The van der Waals surface area contributed by atoms with Gasteiger partial charge < -0.3 is 10.6 Å². The molecule has 1 aromatic heterocycles. The van der Waals surface area contributed by atoms with Crippen molar-refractivity contribution < 1.29 is 9.59 Å². The van der Waals surface area contributed by atoms with Crippen LogP contribution in [0.4, 0.5) is 11.6 Å². The molecule has 0 radical (unpaired) electrons. The Labute approximate surface area is 204 Å². The van der Waals surface area contributed by atoms with Crippen LogP contribution in [0.5, 0.6) is 0 Å². The lowest BCUT2D eigenvalue weighted by molar-refractivity contribution is -0.112. The van der Waals surface area contributed by atoms with Crippen LogP contribution in [-0.4, -0.2) is 16.8 Å². The van der Waals surface area contributed by atoms with Crippen LogP contribution in [0.15, 0.2) is 66.7 Å². The summed E-state index contributed by atoms with van der Waals surface area (Å²) >= 11 is 24.3. The van der Waals surface area contributed by atoms with Crippen molar-refractivity contribution in [2.75, 3.05) is 10.6 Å². The van der Waals surface area contributed by atoms with Gasteiger partial charge >= 0.3 is 0 Å². The minimum absolute atomic E-state index is 0.251. The van der Waals surface area contributed by atoms with Crippen LogP contribution in [-0.2, 0) is 9.59 Å². The lowest BCUT2D eigenvalue weighted by atomic mass is 10.2. The van der Waals surface area contributed by atoms with Crippen molar-refractivity contribution in [3.63, 3.8) is 0 Å². The van der Waals surface area contributed by atoms with E-state index in [4.69, 9.17) is 46.4 Å². The summed E-state index contributed by atoms with van der Waals surface area (Å²) in [5.74, 6) is -0.378. The Hall–Kier alpha value is -2.83. The van der Waals surface area contributed by atoms with E-state index in [2.05, 4.69) is 15.6 Å². The van der Waals surface area contributed by atoms with E-state index in [0.717, 1.165) is 0 Å². The standard InChI is InChI=1S/C23H15Cl4N3O2/c24-16-4-1-5-17(25)14(16)10-12-22(31)29-20-8-3-9-21(28-20)30-23(32)13-11-15-18(26)6-2-7-19(15)27/h1-13H,(H2,28,29,30,31,32)/b12-10+,13-11+. The van der Waals surface area contributed by atoms with Crippen molar-refractivity contribution in [3.8, 4) is 0 Å². The molecule has 2 N–H and O–H groups in total. The molecule has 2 aromatic carbocycles. The van der Waals surface area contributed by atoms with Crippen molar-refractivity contribution in [2.45, 2.75) is 0 Å². The van der Waals surface area contributed by atoms with Gasteiger partial charge in [-0.25, -0.2) is 4.98 Å². The smallest absolute Gasteiger partial charge is 0.249 e. The van der Waals surface area contributed by atoms with E-state index in [-0.39, 0.29) is 11.6 Å². The number of nitrogens with one attached hydrogen (secondary N) is 2. The molecule has 0 fully saturated rings. The summed E-state index contributed by atoms with van der Waals surface area (Å²) in [6.45, 7) is 0. The Morgan fingerprint density at radius 2 is 0.969 bits per heavy atom.